The number of nitrogens with zero attached hydrogens (tertiary/aromatic N) is 2. The van der Waals surface area contributed by atoms with Crippen molar-refractivity contribution in [1.29, 1.82) is 0 Å². The zero-order chi connectivity index (χ0) is 16.2. The van der Waals surface area contributed by atoms with E-state index in [-0.39, 0.29) is 11.8 Å². The number of nitrogens with one attached hydrogen (secondary N) is 1. The lowest BCUT2D eigenvalue weighted by molar-refractivity contribution is -0.158. The lowest BCUT2D eigenvalue weighted by atomic mass is 10.0. The van der Waals surface area contributed by atoms with Gasteiger partial charge in [0.05, 0.1) is 5.69 Å². The van der Waals surface area contributed by atoms with E-state index in [0.29, 0.717) is 17.0 Å². The average Bonchev–Trinajstić information content (AvgIpc) is 2.81. The molecule has 1 amide bonds. The molecule has 1 heterocycles. The summed E-state index contributed by atoms with van der Waals surface area (Å²) in [6.07, 6.45) is 0.623. The molecule has 0 bridgehead atoms. The molecule has 0 aliphatic carbocycles. The molecule has 0 fully saturated rings. The van der Waals surface area contributed by atoms with E-state index in [9.17, 15) is 9.59 Å². The van der Waals surface area contributed by atoms with Crippen LogP contribution in [-0.2, 0) is 16.0 Å². The van der Waals surface area contributed by atoms with Crippen LogP contribution in [0.5, 0.6) is 0 Å². The largest absolute Gasteiger partial charge is 0.458 e. The Bertz CT molecular complexity index is 506. The summed E-state index contributed by atoms with van der Waals surface area (Å²) < 4.78 is 9.14. The van der Waals surface area contributed by atoms with Gasteiger partial charge in [-0.15, -0.1) is 5.10 Å². The Morgan fingerprint density at radius 3 is 2.43 bits per heavy atom. The van der Waals surface area contributed by atoms with E-state index in [1.807, 2.05) is 20.8 Å². The SMILES string of the molecule is CCc1nnsc1C(=O)N[C@H](C(=O)OC(C)(C)C)C(C)C. The molecule has 0 saturated carbocycles. The molecule has 0 aromatic carbocycles. The highest BCUT2D eigenvalue weighted by Crippen LogP contribution is 2.15. The van der Waals surface area contributed by atoms with E-state index in [1.54, 1.807) is 20.8 Å². The van der Waals surface area contributed by atoms with Crippen molar-refractivity contribution in [2.24, 2.45) is 5.92 Å². The monoisotopic (exact) mass is 313 g/mol. The Hall–Kier alpha value is -1.50. The van der Waals surface area contributed by atoms with Gasteiger partial charge < -0.3 is 10.1 Å². The number of carbonyl (C=O) groups excluding carboxylic acids is 2. The van der Waals surface area contributed by atoms with Gasteiger partial charge in [0.1, 0.15) is 16.5 Å². The summed E-state index contributed by atoms with van der Waals surface area (Å²) in [5, 5.41) is 6.64. The fraction of sp³-hybridized carbons (Fsp3) is 0.714. The maximum atomic E-state index is 12.3. The highest BCUT2D eigenvalue weighted by molar-refractivity contribution is 7.08. The van der Waals surface area contributed by atoms with Gasteiger partial charge in [-0.25, -0.2) is 4.79 Å². The molecule has 1 aromatic rings. The fourth-order valence-corrected chi connectivity index (χ4v) is 2.34. The van der Waals surface area contributed by atoms with E-state index in [1.165, 1.54) is 0 Å². The number of carbonyl (C=O) groups is 2. The molecule has 1 rings (SSSR count). The molecule has 6 nitrogen and oxygen atoms in total. The lowest BCUT2D eigenvalue weighted by Gasteiger charge is -2.26. The predicted octanol–water partition coefficient (Wildman–Crippen LogP) is 2.20. The average molecular weight is 313 g/mol. The second kappa shape index (κ2) is 6.98. The van der Waals surface area contributed by atoms with Gasteiger partial charge in [-0.3, -0.25) is 4.79 Å². The Morgan fingerprint density at radius 2 is 1.95 bits per heavy atom. The van der Waals surface area contributed by atoms with Gasteiger partial charge in [-0.1, -0.05) is 25.3 Å². The van der Waals surface area contributed by atoms with Crippen LogP contribution in [0.1, 0.15) is 56.9 Å². The van der Waals surface area contributed by atoms with Crippen LogP contribution in [0.2, 0.25) is 0 Å². The van der Waals surface area contributed by atoms with Crippen LogP contribution >= 0.6 is 11.5 Å². The van der Waals surface area contributed by atoms with E-state index in [0.717, 1.165) is 11.5 Å². The van der Waals surface area contributed by atoms with Crippen molar-refractivity contribution in [3.63, 3.8) is 0 Å². The van der Waals surface area contributed by atoms with Crippen molar-refractivity contribution in [2.75, 3.05) is 0 Å². The highest BCUT2D eigenvalue weighted by atomic mass is 32.1. The third kappa shape index (κ3) is 5.08. The number of hydrogen-bond donors (Lipinski definition) is 1. The van der Waals surface area contributed by atoms with Crippen molar-refractivity contribution in [2.45, 2.75) is 59.6 Å². The Balaban J connectivity index is 2.84. The predicted molar refractivity (Wildman–Crippen MR) is 81.2 cm³/mol. The molecule has 7 heteroatoms. The van der Waals surface area contributed by atoms with Crippen LogP contribution in [0.15, 0.2) is 0 Å². The zero-order valence-electron chi connectivity index (χ0n) is 13.4. The second-order valence-electron chi connectivity index (χ2n) is 6.13. The van der Waals surface area contributed by atoms with Gasteiger partial charge in [-0.2, -0.15) is 0 Å². The van der Waals surface area contributed by atoms with Crippen molar-refractivity contribution in [1.82, 2.24) is 14.9 Å². The molecule has 1 atom stereocenters. The summed E-state index contributed by atoms with van der Waals surface area (Å²) in [5.41, 5.74) is 0.0550. The van der Waals surface area contributed by atoms with Crippen LogP contribution in [0.4, 0.5) is 0 Å². The van der Waals surface area contributed by atoms with E-state index >= 15 is 0 Å². The van der Waals surface area contributed by atoms with Gasteiger partial charge >= 0.3 is 5.97 Å². The lowest BCUT2D eigenvalue weighted by Crippen LogP contribution is -2.47. The molecule has 0 unspecified atom stereocenters. The van der Waals surface area contributed by atoms with Crippen molar-refractivity contribution >= 4 is 23.4 Å². The smallest absolute Gasteiger partial charge is 0.329 e. The first-order valence-electron chi connectivity index (χ1n) is 7.00. The highest BCUT2D eigenvalue weighted by Gasteiger charge is 2.30. The Morgan fingerprint density at radius 1 is 1.33 bits per heavy atom. The van der Waals surface area contributed by atoms with Gasteiger partial charge in [0, 0.05) is 0 Å². The first-order chi connectivity index (χ1) is 9.65. The molecule has 0 saturated heterocycles. The van der Waals surface area contributed by atoms with Crippen LogP contribution in [-0.4, -0.2) is 33.1 Å². The van der Waals surface area contributed by atoms with E-state index < -0.39 is 17.6 Å². The number of aromatic nitrogens is 2. The van der Waals surface area contributed by atoms with Gasteiger partial charge in [0.15, 0.2) is 0 Å². The van der Waals surface area contributed by atoms with Gasteiger partial charge in [-0.05, 0) is 44.6 Å². The first-order valence-corrected chi connectivity index (χ1v) is 7.78. The maximum Gasteiger partial charge on any atom is 0.329 e. The molecule has 1 N–H and O–H groups in total. The second-order valence-corrected chi connectivity index (χ2v) is 6.89. The maximum absolute atomic E-state index is 12.3. The van der Waals surface area contributed by atoms with Crippen LogP contribution in [0.3, 0.4) is 0 Å². The Kier molecular flexibility index (Phi) is 5.83. The van der Waals surface area contributed by atoms with Gasteiger partial charge in [0.2, 0.25) is 0 Å². The summed E-state index contributed by atoms with van der Waals surface area (Å²) >= 11 is 1.04. The molecule has 21 heavy (non-hydrogen) atoms. The van der Waals surface area contributed by atoms with Crippen molar-refractivity contribution in [3.05, 3.63) is 10.6 Å². The molecule has 1 aromatic heterocycles. The number of hydrogen-bond acceptors (Lipinski definition) is 6. The molecule has 0 radical (unpaired) electrons. The van der Waals surface area contributed by atoms with Crippen LogP contribution in [0.25, 0.3) is 0 Å². The minimum atomic E-state index is -0.691. The molecular weight excluding hydrogens is 290 g/mol. The van der Waals surface area contributed by atoms with Crippen LogP contribution in [0, 0.1) is 5.92 Å². The molecule has 0 aliphatic heterocycles. The third-order valence-electron chi connectivity index (χ3n) is 2.71. The van der Waals surface area contributed by atoms with E-state index in [2.05, 4.69) is 14.9 Å². The first kappa shape index (κ1) is 17.6. The summed E-state index contributed by atoms with van der Waals surface area (Å²) in [6, 6.07) is -0.691. The summed E-state index contributed by atoms with van der Waals surface area (Å²) in [7, 11) is 0. The summed E-state index contributed by atoms with van der Waals surface area (Å²) in [5.74, 6) is -0.831. The normalized spacial score (nSPS) is 13.1. The van der Waals surface area contributed by atoms with E-state index in [4.69, 9.17) is 4.74 Å². The minimum Gasteiger partial charge on any atom is -0.458 e. The number of rotatable bonds is 5. The fourth-order valence-electron chi connectivity index (χ4n) is 1.68. The molecule has 0 spiro atoms. The summed E-state index contributed by atoms with van der Waals surface area (Å²) in [6.45, 7) is 11.0. The number of amides is 1. The standard InChI is InChI=1S/C14H23N3O3S/c1-7-9-11(21-17-16-9)12(18)15-10(8(2)3)13(19)20-14(4,5)6/h8,10H,7H2,1-6H3,(H,15,18)/t10-/m0/s1. The van der Waals surface area contributed by atoms with Crippen molar-refractivity contribution in [3.8, 4) is 0 Å². The minimum absolute atomic E-state index is 0.0743. The molecule has 0 aliphatic rings. The molecular formula is C14H23N3O3S. The quantitative estimate of drug-likeness (QED) is 0.843. The van der Waals surface area contributed by atoms with Gasteiger partial charge in [0.25, 0.3) is 5.91 Å². The van der Waals surface area contributed by atoms with Crippen molar-refractivity contribution < 1.29 is 14.3 Å². The molecule has 118 valence electrons. The summed E-state index contributed by atoms with van der Waals surface area (Å²) in [4.78, 5) is 24.9. The number of aryl methyl sites for hydroxylation is 1. The number of ether oxygens (including phenoxy) is 1. The van der Waals surface area contributed by atoms with Crippen LogP contribution < -0.4 is 5.32 Å². The Labute approximate surface area is 129 Å². The zero-order valence-corrected chi connectivity index (χ0v) is 14.2. The number of esters is 1. The topological polar surface area (TPSA) is 81.2 Å². The third-order valence-corrected chi connectivity index (χ3v) is 3.48.